The molecule has 2 aromatic carbocycles. The number of carbonyl (C=O) groups is 1. The van der Waals surface area contributed by atoms with Crippen LogP contribution in [0.4, 0.5) is 10.5 Å². The molecule has 0 aliphatic rings. The zero-order valence-corrected chi connectivity index (χ0v) is 15.2. The van der Waals surface area contributed by atoms with Gasteiger partial charge in [-0.3, -0.25) is 0 Å². The Kier molecular flexibility index (Phi) is 7.42. The molecule has 0 atom stereocenters. The normalized spacial score (nSPS) is 9.96. The first kappa shape index (κ1) is 19.2. The number of ether oxygens (including phenoxy) is 4. The van der Waals surface area contributed by atoms with Crippen LogP contribution in [0, 0.1) is 0 Å². The van der Waals surface area contributed by atoms with Crippen molar-refractivity contribution in [2.75, 3.05) is 39.3 Å². The summed E-state index contributed by atoms with van der Waals surface area (Å²) in [5.74, 6) is 2.43. The molecule has 2 rings (SSSR count). The van der Waals surface area contributed by atoms with Gasteiger partial charge in [0.05, 0.1) is 27.4 Å². The Morgan fingerprint density at radius 3 is 2.35 bits per heavy atom. The van der Waals surface area contributed by atoms with E-state index in [9.17, 15) is 4.79 Å². The lowest BCUT2D eigenvalue weighted by atomic mass is 10.3. The second kappa shape index (κ2) is 10.0. The Morgan fingerprint density at radius 1 is 0.962 bits per heavy atom. The van der Waals surface area contributed by atoms with E-state index in [0.29, 0.717) is 42.7 Å². The van der Waals surface area contributed by atoms with Gasteiger partial charge in [0.25, 0.3) is 0 Å². The third kappa shape index (κ3) is 5.47. The summed E-state index contributed by atoms with van der Waals surface area (Å²) in [5.41, 5.74) is 0.682. The summed E-state index contributed by atoms with van der Waals surface area (Å²) < 4.78 is 21.5. The van der Waals surface area contributed by atoms with Crippen LogP contribution >= 0.6 is 0 Å². The second-order valence-corrected chi connectivity index (χ2v) is 5.18. The number of amides is 2. The number of hydrogen-bond acceptors (Lipinski definition) is 5. The standard InChI is InChI=1S/C19H24N2O5/c1-4-25-15-10-8-14(9-11-15)21-19(22)20-12-13-26-17-7-5-6-16(23-2)18(17)24-3/h5-11H,4,12-13H2,1-3H3,(H2,20,21,22). The Morgan fingerprint density at radius 2 is 1.69 bits per heavy atom. The van der Waals surface area contributed by atoms with E-state index in [2.05, 4.69) is 10.6 Å². The van der Waals surface area contributed by atoms with Gasteiger partial charge >= 0.3 is 6.03 Å². The molecule has 0 heterocycles. The number of carbonyl (C=O) groups excluding carboxylic acids is 1. The first-order valence-electron chi connectivity index (χ1n) is 8.29. The minimum absolute atomic E-state index is 0.292. The summed E-state index contributed by atoms with van der Waals surface area (Å²) in [4.78, 5) is 11.9. The Labute approximate surface area is 153 Å². The minimum Gasteiger partial charge on any atom is -0.494 e. The van der Waals surface area contributed by atoms with Crippen molar-refractivity contribution in [1.82, 2.24) is 5.32 Å². The van der Waals surface area contributed by atoms with Crippen LogP contribution in [0.2, 0.25) is 0 Å². The number of methoxy groups -OCH3 is 2. The monoisotopic (exact) mass is 360 g/mol. The summed E-state index contributed by atoms with van der Waals surface area (Å²) in [7, 11) is 3.11. The van der Waals surface area contributed by atoms with Gasteiger partial charge in [-0.05, 0) is 43.3 Å². The average molecular weight is 360 g/mol. The van der Waals surface area contributed by atoms with Crippen molar-refractivity contribution < 1.29 is 23.7 Å². The molecule has 0 radical (unpaired) electrons. The van der Waals surface area contributed by atoms with E-state index in [0.717, 1.165) is 5.75 Å². The minimum atomic E-state index is -0.310. The molecule has 7 nitrogen and oxygen atoms in total. The molecule has 0 spiro atoms. The van der Waals surface area contributed by atoms with Gasteiger partial charge in [-0.25, -0.2) is 4.79 Å². The number of para-hydroxylation sites is 1. The number of hydrogen-bond donors (Lipinski definition) is 2. The molecular weight excluding hydrogens is 336 g/mol. The third-order valence-electron chi connectivity index (χ3n) is 3.44. The molecule has 2 aromatic rings. The fraction of sp³-hybridized carbons (Fsp3) is 0.316. The van der Waals surface area contributed by atoms with E-state index in [1.807, 2.05) is 13.0 Å². The fourth-order valence-corrected chi connectivity index (χ4v) is 2.27. The highest BCUT2D eigenvalue weighted by Crippen LogP contribution is 2.36. The fourth-order valence-electron chi connectivity index (χ4n) is 2.27. The molecule has 0 saturated heterocycles. The maximum absolute atomic E-state index is 11.9. The van der Waals surface area contributed by atoms with Crippen molar-refractivity contribution >= 4 is 11.7 Å². The van der Waals surface area contributed by atoms with Crippen molar-refractivity contribution in [3.63, 3.8) is 0 Å². The highest BCUT2D eigenvalue weighted by Gasteiger charge is 2.10. The lowest BCUT2D eigenvalue weighted by Crippen LogP contribution is -2.32. The molecule has 0 aromatic heterocycles. The first-order chi connectivity index (χ1) is 12.7. The van der Waals surface area contributed by atoms with Gasteiger partial charge in [0.2, 0.25) is 5.75 Å². The van der Waals surface area contributed by atoms with E-state index in [1.165, 1.54) is 0 Å². The quantitative estimate of drug-likeness (QED) is 0.671. The van der Waals surface area contributed by atoms with Crippen LogP contribution in [-0.4, -0.2) is 40.0 Å². The molecule has 2 N–H and O–H groups in total. The maximum atomic E-state index is 11.9. The zero-order valence-electron chi connectivity index (χ0n) is 15.2. The van der Waals surface area contributed by atoms with Crippen LogP contribution in [0.5, 0.6) is 23.0 Å². The van der Waals surface area contributed by atoms with Gasteiger partial charge in [-0.2, -0.15) is 0 Å². The van der Waals surface area contributed by atoms with Crippen LogP contribution in [-0.2, 0) is 0 Å². The predicted molar refractivity (Wildman–Crippen MR) is 99.7 cm³/mol. The van der Waals surface area contributed by atoms with Gasteiger partial charge in [-0.1, -0.05) is 6.07 Å². The molecule has 0 fully saturated rings. The van der Waals surface area contributed by atoms with Gasteiger partial charge in [-0.15, -0.1) is 0 Å². The number of rotatable bonds is 9. The van der Waals surface area contributed by atoms with E-state index < -0.39 is 0 Å². The van der Waals surface area contributed by atoms with Crippen molar-refractivity contribution in [2.45, 2.75) is 6.92 Å². The third-order valence-corrected chi connectivity index (χ3v) is 3.44. The van der Waals surface area contributed by atoms with Crippen LogP contribution < -0.4 is 29.6 Å². The summed E-state index contributed by atoms with van der Waals surface area (Å²) in [6.07, 6.45) is 0. The summed E-state index contributed by atoms with van der Waals surface area (Å²) >= 11 is 0. The predicted octanol–water partition coefficient (Wildman–Crippen LogP) is 3.30. The smallest absolute Gasteiger partial charge is 0.319 e. The van der Waals surface area contributed by atoms with Crippen LogP contribution in [0.1, 0.15) is 6.92 Å². The highest BCUT2D eigenvalue weighted by molar-refractivity contribution is 5.89. The van der Waals surface area contributed by atoms with Crippen LogP contribution in [0.15, 0.2) is 42.5 Å². The molecule has 0 unspecified atom stereocenters. The number of urea groups is 1. The van der Waals surface area contributed by atoms with Crippen molar-refractivity contribution in [2.24, 2.45) is 0 Å². The SMILES string of the molecule is CCOc1ccc(NC(=O)NCCOc2cccc(OC)c2OC)cc1. The molecule has 26 heavy (non-hydrogen) atoms. The average Bonchev–Trinajstić information content (AvgIpc) is 2.66. The van der Waals surface area contributed by atoms with Crippen molar-refractivity contribution in [3.8, 4) is 23.0 Å². The number of benzene rings is 2. The molecule has 0 aliphatic carbocycles. The molecule has 0 aliphatic heterocycles. The second-order valence-electron chi connectivity index (χ2n) is 5.18. The Bertz CT molecular complexity index is 704. The summed E-state index contributed by atoms with van der Waals surface area (Å²) in [6, 6.07) is 12.2. The maximum Gasteiger partial charge on any atom is 0.319 e. The molecular formula is C19H24N2O5. The van der Waals surface area contributed by atoms with Gasteiger partial charge < -0.3 is 29.6 Å². The van der Waals surface area contributed by atoms with Crippen LogP contribution in [0.25, 0.3) is 0 Å². The zero-order chi connectivity index (χ0) is 18.8. The van der Waals surface area contributed by atoms with Crippen molar-refractivity contribution in [1.29, 1.82) is 0 Å². The Hall–Kier alpha value is -3.09. The van der Waals surface area contributed by atoms with E-state index in [-0.39, 0.29) is 6.03 Å². The van der Waals surface area contributed by atoms with Crippen molar-refractivity contribution in [3.05, 3.63) is 42.5 Å². The number of nitrogens with one attached hydrogen (secondary N) is 2. The summed E-state index contributed by atoms with van der Waals surface area (Å²) in [5, 5.41) is 5.47. The largest absolute Gasteiger partial charge is 0.494 e. The summed E-state index contributed by atoms with van der Waals surface area (Å²) in [6.45, 7) is 3.15. The van der Waals surface area contributed by atoms with E-state index in [4.69, 9.17) is 18.9 Å². The lowest BCUT2D eigenvalue weighted by Gasteiger charge is -2.14. The van der Waals surface area contributed by atoms with Gasteiger partial charge in [0.1, 0.15) is 12.4 Å². The lowest BCUT2D eigenvalue weighted by molar-refractivity contribution is 0.245. The number of anilines is 1. The van der Waals surface area contributed by atoms with E-state index in [1.54, 1.807) is 50.6 Å². The van der Waals surface area contributed by atoms with Gasteiger partial charge in [0.15, 0.2) is 11.5 Å². The topological polar surface area (TPSA) is 78.1 Å². The molecule has 2 amide bonds. The van der Waals surface area contributed by atoms with Crippen LogP contribution in [0.3, 0.4) is 0 Å². The molecule has 0 bridgehead atoms. The molecule has 0 saturated carbocycles. The van der Waals surface area contributed by atoms with E-state index >= 15 is 0 Å². The molecule has 140 valence electrons. The Balaban J connectivity index is 1.76. The first-order valence-corrected chi connectivity index (χ1v) is 8.29. The highest BCUT2D eigenvalue weighted by atomic mass is 16.5. The molecule has 7 heteroatoms. The van der Waals surface area contributed by atoms with Gasteiger partial charge in [0, 0.05) is 5.69 Å².